The molecule has 1 aliphatic rings. The highest BCUT2D eigenvalue weighted by atomic mass is 19.1. The molecule has 24 heavy (non-hydrogen) atoms. The lowest BCUT2D eigenvalue weighted by molar-refractivity contribution is 0.123. The quantitative estimate of drug-likeness (QED) is 0.879. The van der Waals surface area contributed by atoms with E-state index in [2.05, 4.69) is 14.9 Å². The summed E-state index contributed by atoms with van der Waals surface area (Å²) >= 11 is 0. The van der Waals surface area contributed by atoms with Gasteiger partial charge in [-0.2, -0.15) is 0 Å². The summed E-state index contributed by atoms with van der Waals surface area (Å²) in [5, 5.41) is 10.3. The Morgan fingerprint density at radius 1 is 1.33 bits per heavy atom. The lowest BCUT2D eigenvalue weighted by Gasteiger charge is -2.30. The van der Waals surface area contributed by atoms with E-state index < -0.39 is 12.3 Å². The maximum Gasteiger partial charge on any atom is 0.132 e. The lowest BCUT2D eigenvalue weighted by atomic mass is 10.1. The molecule has 2 heterocycles. The molecule has 5 nitrogen and oxygen atoms in total. The highest BCUT2D eigenvalue weighted by molar-refractivity contribution is 5.40. The summed E-state index contributed by atoms with van der Waals surface area (Å²) in [5.41, 5.74) is 0.895. The summed E-state index contributed by atoms with van der Waals surface area (Å²) in [6, 6.07) is 11.4. The van der Waals surface area contributed by atoms with Crippen molar-refractivity contribution < 1.29 is 9.50 Å². The van der Waals surface area contributed by atoms with Gasteiger partial charge in [0.25, 0.3) is 0 Å². The zero-order valence-electron chi connectivity index (χ0n) is 13.8. The molecule has 0 bridgehead atoms. The minimum atomic E-state index is -0.850. The van der Waals surface area contributed by atoms with Gasteiger partial charge in [0.05, 0.1) is 12.6 Å². The second kappa shape index (κ2) is 7.68. The van der Waals surface area contributed by atoms with E-state index in [1.807, 2.05) is 48.3 Å². The maximum atomic E-state index is 13.9. The first-order valence-corrected chi connectivity index (χ1v) is 8.21. The zero-order valence-corrected chi connectivity index (χ0v) is 13.8. The van der Waals surface area contributed by atoms with Crippen molar-refractivity contribution in [3.8, 4) is 0 Å². The molecule has 1 saturated heterocycles. The normalized spacial score (nSPS) is 22.1. The van der Waals surface area contributed by atoms with Crippen molar-refractivity contribution in [3.05, 3.63) is 54.5 Å². The summed E-state index contributed by atoms with van der Waals surface area (Å²) in [7, 11) is 1.95. The third-order valence-electron chi connectivity index (χ3n) is 4.42. The number of nitrogens with zero attached hydrogens (tertiary/aromatic N) is 4. The molecule has 128 valence electrons. The molecule has 0 aliphatic carbocycles. The van der Waals surface area contributed by atoms with Gasteiger partial charge >= 0.3 is 0 Å². The molecule has 0 saturated carbocycles. The van der Waals surface area contributed by atoms with Gasteiger partial charge in [0, 0.05) is 31.7 Å². The van der Waals surface area contributed by atoms with Crippen LogP contribution in [0.3, 0.4) is 0 Å². The van der Waals surface area contributed by atoms with Gasteiger partial charge in [0.2, 0.25) is 0 Å². The van der Waals surface area contributed by atoms with Crippen molar-refractivity contribution in [2.45, 2.75) is 24.7 Å². The second-order valence-corrected chi connectivity index (χ2v) is 6.35. The Kier molecular flexibility index (Phi) is 5.37. The Morgan fingerprint density at radius 2 is 2.12 bits per heavy atom. The smallest absolute Gasteiger partial charge is 0.132 e. The summed E-state index contributed by atoms with van der Waals surface area (Å²) in [5.74, 6) is 0.757. The van der Waals surface area contributed by atoms with Gasteiger partial charge < -0.3 is 14.9 Å². The van der Waals surface area contributed by atoms with E-state index in [1.54, 1.807) is 6.20 Å². The summed E-state index contributed by atoms with van der Waals surface area (Å²) < 4.78 is 13.9. The van der Waals surface area contributed by atoms with Crippen LogP contribution in [0.1, 0.15) is 18.1 Å². The van der Waals surface area contributed by atoms with E-state index in [1.165, 1.54) is 6.33 Å². The predicted molar refractivity (Wildman–Crippen MR) is 91.6 cm³/mol. The topological polar surface area (TPSA) is 52.5 Å². The Bertz CT molecular complexity index is 627. The Morgan fingerprint density at radius 3 is 2.83 bits per heavy atom. The molecular weight excluding hydrogens is 307 g/mol. The first-order chi connectivity index (χ1) is 11.6. The highest BCUT2D eigenvalue weighted by Gasteiger charge is 2.33. The molecule has 0 unspecified atom stereocenters. The second-order valence-electron chi connectivity index (χ2n) is 6.35. The van der Waals surface area contributed by atoms with E-state index >= 15 is 0 Å². The van der Waals surface area contributed by atoms with Crippen LogP contribution in [-0.2, 0) is 0 Å². The number of aliphatic hydroxyl groups is 1. The number of halogens is 1. The van der Waals surface area contributed by atoms with Crippen molar-refractivity contribution >= 4 is 5.82 Å². The fraction of sp³-hybridized carbons (Fsp3) is 0.444. The van der Waals surface area contributed by atoms with Crippen LogP contribution in [0, 0.1) is 0 Å². The first kappa shape index (κ1) is 16.8. The molecule has 3 rings (SSSR count). The standard InChI is InChI=1S/C18H23FN4O/c1-22(12-17(24)14-5-3-2-4-6-14)11-16-9-15(19)10-23(16)18-7-8-20-13-21-18/h2-8,13,15-17,24H,9-12H2,1H3/t15-,16-,17-/m0/s1. The van der Waals surface area contributed by atoms with Crippen LogP contribution in [0.4, 0.5) is 10.2 Å². The average Bonchev–Trinajstić information content (AvgIpc) is 2.96. The molecule has 0 radical (unpaired) electrons. The van der Waals surface area contributed by atoms with Crippen LogP contribution in [-0.4, -0.2) is 58.9 Å². The Labute approximate surface area is 141 Å². The van der Waals surface area contributed by atoms with E-state index in [9.17, 15) is 9.50 Å². The number of aliphatic hydroxyl groups excluding tert-OH is 1. The SMILES string of the molecule is CN(C[C@@H]1C[C@H](F)CN1c1ccncn1)C[C@H](O)c1ccccc1. The number of aromatic nitrogens is 2. The van der Waals surface area contributed by atoms with Gasteiger partial charge in [-0.25, -0.2) is 14.4 Å². The zero-order chi connectivity index (χ0) is 16.9. The predicted octanol–water partition coefficient (Wildman–Crippen LogP) is 2.06. The van der Waals surface area contributed by atoms with Gasteiger partial charge in [-0.15, -0.1) is 0 Å². The van der Waals surface area contributed by atoms with Crippen LogP contribution >= 0.6 is 0 Å². The number of hydrogen-bond acceptors (Lipinski definition) is 5. The van der Waals surface area contributed by atoms with Crippen LogP contribution in [0.25, 0.3) is 0 Å². The van der Waals surface area contributed by atoms with Crippen LogP contribution in [0.15, 0.2) is 48.9 Å². The van der Waals surface area contributed by atoms with E-state index in [0.29, 0.717) is 26.1 Å². The molecule has 1 fully saturated rings. The molecule has 2 aromatic rings. The number of benzene rings is 1. The fourth-order valence-electron chi connectivity index (χ4n) is 3.28. The number of likely N-dealkylation sites (N-methyl/N-ethyl adjacent to an activating group) is 1. The number of rotatable bonds is 6. The number of alkyl halides is 1. The third-order valence-corrected chi connectivity index (χ3v) is 4.42. The van der Waals surface area contributed by atoms with E-state index in [-0.39, 0.29) is 6.04 Å². The largest absolute Gasteiger partial charge is 0.387 e. The number of anilines is 1. The fourth-order valence-corrected chi connectivity index (χ4v) is 3.28. The van der Waals surface area contributed by atoms with Gasteiger partial charge in [0.15, 0.2) is 0 Å². The van der Waals surface area contributed by atoms with Crippen molar-refractivity contribution in [3.63, 3.8) is 0 Å². The lowest BCUT2D eigenvalue weighted by Crippen LogP contribution is -2.40. The molecule has 6 heteroatoms. The first-order valence-electron chi connectivity index (χ1n) is 8.21. The van der Waals surface area contributed by atoms with Crippen molar-refractivity contribution in [1.29, 1.82) is 0 Å². The van der Waals surface area contributed by atoms with E-state index in [4.69, 9.17) is 0 Å². The third kappa shape index (κ3) is 4.07. The van der Waals surface area contributed by atoms with Gasteiger partial charge in [-0.05, 0) is 18.7 Å². The van der Waals surface area contributed by atoms with Crippen molar-refractivity contribution in [1.82, 2.24) is 14.9 Å². The summed E-state index contributed by atoms with van der Waals surface area (Å²) in [6.07, 6.45) is 2.24. The molecule has 3 atom stereocenters. The minimum absolute atomic E-state index is 0.0443. The molecule has 1 aromatic heterocycles. The molecule has 0 amide bonds. The Hall–Kier alpha value is -2.05. The summed E-state index contributed by atoms with van der Waals surface area (Å²) in [4.78, 5) is 12.2. The monoisotopic (exact) mass is 330 g/mol. The van der Waals surface area contributed by atoms with Crippen molar-refractivity contribution in [2.24, 2.45) is 0 Å². The van der Waals surface area contributed by atoms with E-state index in [0.717, 1.165) is 11.4 Å². The summed E-state index contributed by atoms with van der Waals surface area (Å²) in [6.45, 7) is 1.54. The maximum absolute atomic E-state index is 13.9. The van der Waals surface area contributed by atoms with Gasteiger partial charge in [-0.1, -0.05) is 30.3 Å². The molecule has 1 aromatic carbocycles. The van der Waals surface area contributed by atoms with Gasteiger partial charge in [0.1, 0.15) is 18.3 Å². The minimum Gasteiger partial charge on any atom is -0.387 e. The van der Waals surface area contributed by atoms with Crippen LogP contribution in [0.2, 0.25) is 0 Å². The molecular formula is C18H23FN4O. The van der Waals surface area contributed by atoms with Crippen LogP contribution < -0.4 is 4.90 Å². The molecule has 1 aliphatic heterocycles. The average molecular weight is 330 g/mol. The molecule has 1 N–H and O–H groups in total. The Balaban J connectivity index is 1.61. The van der Waals surface area contributed by atoms with Gasteiger partial charge in [-0.3, -0.25) is 0 Å². The highest BCUT2D eigenvalue weighted by Crippen LogP contribution is 2.26. The number of hydrogen-bond donors (Lipinski definition) is 1. The van der Waals surface area contributed by atoms with Crippen LogP contribution in [0.5, 0.6) is 0 Å². The van der Waals surface area contributed by atoms with Crippen molar-refractivity contribution in [2.75, 3.05) is 31.6 Å². The molecule has 0 spiro atoms.